The van der Waals surface area contributed by atoms with Gasteiger partial charge in [0.2, 0.25) is 0 Å². The number of hydrogen-bond acceptors (Lipinski definition) is 6. The highest BCUT2D eigenvalue weighted by Crippen LogP contribution is 2.20. The predicted molar refractivity (Wildman–Crippen MR) is 83.9 cm³/mol. The second-order valence-corrected chi connectivity index (χ2v) is 4.67. The maximum absolute atomic E-state index is 13.5. The van der Waals surface area contributed by atoms with Gasteiger partial charge in [0, 0.05) is 0 Å². The average molecular weight is 350 g/mol. The quantitative estimate of drug-likeness (QED) is 0.588. The van der Waals surface area contributed by atoms with Crippen LogP contribution in [0.5, 0.6) is 11.5 Å². The van der Waals surface area contributed by atoms with Crippen molar-refractivity contribution in [2.75, 3.05) is 14.2 Å². The molecule has 0 unspecified atom stereocenters. The summed E-state index contributed by atoms with van der Waals surface area (Å²) in [7, 11) is 1.94. The van der Waals surface area contributed by atoms with E-state index in [4.69, 9.17) is 9.31 Å². The number of esters is 2. The summed E-state index contributed by atoms with van der Waals surface area (Å²) in [6.07, 6.45) is 0. The molecule has 6 nitrogen and oxygen atoms in total. The van der Waals surface area contributed by atoms with E-state index in [-0.39, 0.29) is 30.3 Å². The molecule has 0 saturated carbocycles. The molecule has 0 amide bonds. The van der Waals surface area contributed by atoms with Gasteiger partial charge in [-0.1, -0.05) is 0 Å². The Kier molecular flexibility index (Phi) is 5.94. The van der Waals surface area contributed by atoms with Crippen LogP contribution in [0.3, 0.4) is 0 Å². The van der Waals surface area contributed by atoms with Crippen molar-refractivity contribution < 1.29 is 37.2 Å². The van der Waals surface area contributed by atoms with E-state index in [2.05, 4.69) is 9.47 Å². The molecule has 130 valence electrons. The zero-order valence-electron chi connectivity index (χ0n) is 13.4. The number of ether oxygens (including phenoxy) is 2. The first-order valence-electron chi connectivity index (χ1n) is 6.97. The lowest BCUT2D eigenvalue weighted by Crippen LogP contribution is -2.13. The lowest BCUT2D eigenvalue weighted by Gasteiger charge is -2.10. The van der Waals surface area contributed by atoms with Crippen molar-refractivity contribution in [1.82, 2.24) is 0 Å². The second-order valence-electron chi connectivity index (χ2n) is 4.67. The number of halogens is 2. The third-order valence-corrected chi connectivity index (χ3v) is 3.14. The fraction of sp³-hybridized carbons (Fsp3) is 0.125. The van der Waals surface area contributed by atoms with Crippen molar-refractivity contribution in [3.63, 3.8) is 0 Å². The van der Waals surface area contributed by atoms with E-state index in [1.165, 1.54) is 12.1 Å². The van der Waals surface area contributed by atoms with E-state index in [1.807, 2.05) is 0 Å². The summed E-state index contributed by atoms with van der Waals surface area (Å²) in [4.78, 5) is 22.8. The maximum atomic E-state index is 13.5. The Labute approximate surface area is 142 Å². The summed E-state index contributed by atoms with van der Waals surface area (Å²) in [5.74, 6) is -2.85. The topological polar surface area (TPSA) is 71.1 Å². The third-order valence-electron chi connectivity index (χ3n) is 3.14. The second kappa shape index (κ2) is 8.14. The Hall–Kier alpha value is -3.10. The van der Waals surface area contributed by atoms with Crippen molar-refractivity contribution in [3.8, 4) is 11.5 Å². The molecule has 0 saturated heterocycles. The van der Waals surface area contributed by atoms with Gasteiger partial charge in [-0.25, -0.2) is 18.4 Å². The molecule has 0 aliphatic rings. The highest BCUT2D eigenvalue weighted by atomic mass is 19.1. The van der Waals surface area contributed by atoms with Crippen molar-refractivity contribution >= 4 is 19.6 Å². The van der Waals surface area contributed by atoms with Gasteiger partial charge in [0.15, 0.2) is 0 Å². The lowest BCUT2D eigenvalue weighted by molar-refractivity contribution is 0.0586. The van der Waals surface area contributed by atoms with Crippen LogP contribution >= 0.6 is 0 Å². The van der Waals surface area contributed by atoms with Gasteiger partial charge in [0.05, 0.1) is 25.3 Å². The molecule has 2 rings (SSSR count). The van der Waals surface area contributed by atoms with Gasteiger partial charge in [0.25, 0.3) is 0 Å². The van der Waals surface area contributed by atoms with Gasteiger partial charge in [-0.3, -0.25) is 0 Å². The SMILES string of the molecule is COC(=O)c1cc(OBOc2ccc(F)c(C(=O)OC)c2)ccc1F. The number of rotatable bonds is 6. The lowest BCUT2D eigenvalue weighted by atomic mass is 10.2. The molecule has 0 bridgehead atoms. The smallest absolute Gasteiger partial charge is 0.528 e. The minimum Gasteiger partial charge on any atom is -0.528 e. The van der Waals surface area contributed by atoms with E-state index >= 15 is 0 Å². The molecule has 25 heavy (non-hydrogen) atoms. The highest BCUT2D eigenvalue weighted by molar-refractivity contribution is 6.20. The van der Waals surface area contributed by atoms with E-state index in [0.29, 0.717) is 0 Å². The molecule has 0 N–H and O–H groups in total. The Morgan fingerprint density at radius 3 is 1.56 bits per heavy atom. The average Bonchev–Trinajstić information content (AvgIpc) is 2.63. The van der Waals surface area contributed by atoms with Crippen molar-refractivity contribution in [2.45, 2.75) is 0 Å². The first-order valence-corrected chi connectivity index (χ1v) is 6.97. The highest BCUT2D eigenvalue weighted by Gasteiger charge is 2.15. The molecule has 0 heterocycles. The zero-order chi connectivity index (χ0) is 18.4. The monoisotopic (exact) mass is 350 g/mol. The molecular formula is C16H13BF2O6. The summed E-state index contributed by atoms with van der Waals surface area (Å²) in [5.41, 5.74) is -0.565. The first-order chi connectivity index (χ1) is 12.0. The fourth-order valence-corrected chi connectivity index (χ4v) is 1.89. The van der Waals surface area contributed by atoms with Crippen LogP contribution in [0.15, 0.2) is 36.4 Å². The maximum Gasteiger partial charge on any atom is 0.576 e. The summed E-state index contributed by atoms with van der Waals surface area (Å²) < 4.78 is 46.5. The molecule has 2 aromatic carbocycles. The van der Waals surface area contributed by atoms with Crippen molar-refractivity contribution in [3.05, 3.63) is 59.2 Å². The molecule has 0 aromatic heterocycles. The van der Waals surface area contributed by atoms with Crippen LogP contribution in [-0.4, -0.2) is 33.8 Å². The van der Waals surface area contributed by atoms with Crippen LogP contribution in [0, 0.1) is 11.6 Å². The van der Waals surface area contributed by atoms with Crippen molar-refractivity contribution in [1.29, 1.82) is 0 Å². The van der Waals surface area contributed by atoms with E-state index in [1.54, 1.807) is 0 Å². The first kappa shape index (κ1) is 18.2. The Balaban J connectivity index is 2.04. The van der Waals surface area contributed by atoms with Crippen LogP contribution < -0.4 is 9.31 Å². The Morgan fingerprint density at radius 2 is 1.20 bits per heavy atom. The number of carbonyl (C=O) groups is 2. The molecular weight excluding hydrogens is 337 g/mol. The zero-order valence-corrected chi connectivity index (χ0v) is 13.4. The molecule has 0 spiro atoms. The minimum absolute atomic E-state index is 0.164. The van der Waals surface area contributed by atoms with E-state index in [9.17, 15) is 18.4 Å². The van der Waals surface area contributed by atoms with Gasteiger partial charge < -0.3 is 18.8 Å². The Bertz CT molecular complexity index is 731. The standard InChI is InChI=1S/C16H13BF2O6/c1-22-15(20)11-7-9(3-5-13(11)18)24-17-25-10-4-6-14(19)12(8-10)16(21)23-2/h3-8,17H,1-2H3. The molecule has 0 aliphatic heterocycles. The molecule has 0 aliphatic carbocycles. The fourth-order valence-electron chi connectivity index (χ4n) is 1.89. The van der Waals surface area contributed by atoms with Crippen LogP contribution in [0.2, 0.25) is 0 Å². The molecule has 0 atom stereocenters. The number of benzene rings is 2. The third kappa shape index (κ3) is 4.47. The van der Waals surface area contributed by atoms with Crippen LogP contribution in [0.25, 0.3) is 0 Å². The van der Waals surface area contributed by atoms with Crippen LogP contribution in [0.1, 0.15) is 20.7 Å². The summed E-state index contributed by atoms with van der Waals surface area (Å²) >= 11 is 0. The summed E-state index contributed by atoms with van der Waals surface area (Å²) in [6.45, 7) is 0. The normalized spacial score (nSPS) is 9.92. The summed E-state index contributed by atoms with van der Waals surface area (Å²) in [5, 5.41) is 0. The van der Waals surface area contributed by atoms with Gasteiger partial charge in [0.1, 0.15) is 23.1 Å². The summed E-state index contributed by atoms with van der Waals surface area (Å²) in [6, 6.07) is 7.03. The molecule has 2 aromatic rings. The minimum atomic E-state index is -0.842. The van der Waals surface area contributed by atoms with Crippen LogP contribution in [-0.2, 0) is 9.47 Å². The van der Waals surface area contributed by atoms with E-state index < -0.39 is 23.6 Å². The van der Waals surface area contributed by atoms with Gasteiger partial charge in [-0.05, 0) is 36.4 Å². The van der Waals surface area contributed by atoms with Gasteiger partial charge >= 0.3 is 19.6 Å². The number of methoxy groups -OCH3 is 2. The van der Waals surface area contributed by atoms with Crippen LogP contribution in [0.4, 0.5) is 8.78 Å². The predicted octanol–water partition coefficient (Wildman–Crippen LogP) is 2.26. The largest absolute Gasteiger partial charge is 0.576 e. The molecule has 0 radical (unpaired) electrons. The molecule has 9 heteroatoms. The van der Waals surface area contributed by atoms with Gasteiger partial charge in [-0.15, -0.1) is 0 Å². The molecule has 0 fully saturated rings. The Morgan fingerprint density at radius 1 is 0.800 bits per heavy atom. The van der Waals surface area contributed by atoms with Gasteiger partial charge in [-0.2, -0.15) is 0 Å². The number of hydrogen-bond donors (Lipinski definition) is 0. The van der Waals surface area contributed by atoms with Crippen molar-refractivity contribution in [2.24, 2.45) is 0 Å². The number of carbonyl (C=O) groups excluding carboxylic acids is 2. The van der Waals surface area contributed by atoms with E-state index in [0.717, 1.165) is 38.5 Å².